The molecule has 0 spiro atoms. The molecule has 2 N–H and O–H groups in total. The van der Waals surface area contributed by atoms with Crippen LogP contribution in [-0.2, 0) is 37.0 Å². The monoisotopic (exact) mass is 391 g/mol. The van der Waals surface area contributed by atoms with Crippen molar-refractivity contribution >= 4 is 21.2 Å². The van der Waals surface area contributed by atoms with Crippen LogP contribution in [0.4, 0.5) is 0 Å². The Kier molecular flexibility index (Phi) is 5.03. The van der Waals surface area contributed by atoms with Crippen molar-refractivity contribution < 1.29 is 8.42 Å². The zero-order chi connectivity index (χ0) is 19.8. The second-order valence-corrected chi connectivity index (χ2v) is 8.00. The molecule has 0 bridgehead atoms. The molecule has 0 saturated carbocycles. The maximum absolute atomic E-state index is 12.4. The van der Waals surface area contributed by atoms with Crippen LogP contribution in [0.2, 0.25) is 0 Å². The van der Waals surface area contributed by atoms with Gasteiger partial charge in [0.05, 0.1) is 4.90 Å². The standard InChI is InChI=1S/C17H21N5O4S/c1-4-11-5-7-12(8-6-11)27(25,26)18-10-9-13-19-14-15(20-13)21(2)17(24)22(3)16(14)23/h5-8,18H,4,9-10H2,1-3H3,(H,19,20). The van der Waals surface area contributed by atoms with E-state index >= 15 is 0 Å². The molecule has 144 valence electrons. The molecule has 0 amide bonds. The molecule has 10 heteroatoms. The quantitative estimate of drug-likeness (QED) is 0.615. The lowest BCUT2D eigenvalue weighted by atomic mass is 10.2. The largest absolute Gasteiger partial charge is 0.336 e. The highest BCUT2D eigenvalue weighted by molar-refractivity contribution is 7.89. The fourth-order valence-electron chi connectivity index (χ4n) is 2.78. The van der Waals surface area contributed by atoms with E-state index in [2.05, 4.69) is 14.7 Å². The summed E-state index contributed by atoms with van der Waals surface area (Å²) in [5, 5.41) is 0. The number of hydrogen-bond acceptors (Lipinski definition) is 5. The van der Waals surface area contributed by atoms with Gasteiger partial charge in [-0.1, -0.05) is 19.1 Å². The summed E-state index contributed by atoms with van der Waals surface area (Å²) in [7, 11) is -0.711. The van der Waals surface area contributed by atoms with E-state index in [9.17, 15) is 18.0 Å². The van der Waals surface area contributed by atoms with Gasteiger partial charge in [0.15, 0.2) is 5.65 Å². The number of aryl methyl sites for hydroxylation is 2. The third-order valence-electron chi connectivity index (χ3n) is 4.44. The van der Waals surface area contributed by atoms with E-state index in [1.807, 2.05) is 6.92 Å². The van der Waals surface area contributed by atoms with Crippen LogP contribution in [-0.4, -0.2) is 34.1 Å². The average molecular weight is 391 g/mol. The molecule has 2 aromatic heterocycles. The molecule has 2 heterocycles. The molecule has 3 rings (SSSR count). The van der Waals surface area contributed by atoms with E-state index in [0.717, 1.165) is 16.6 Å². The second kappa shape index (κ2) is 7.12. The molecular formula is C17H21N5O4S. The zero-order valence-corrected chi connectivity index (χ0v) is 16.1. The van der Waals surface area contributed by atoms with E-state index in [1.165, 1.54) is 18.7 Å². The minimum Gasteiger partial charge on any atom is -0.336 e. The first-order valence-electron chi connectivity index (χ1n) is 8.48. The summed E-state index contributed by atoms with van der Waals surface area (Å²) in [5.74, 6) is 0.423. The van der Waals surface area contributed by atoms with Gasteiger partial charge in [-0.15, -0.1) is 0 Å². The summed E-state index contributed by atoms with van der Waals surface area (Å²) in [6, 6.07) is 6.71. The molecule has 0 aliphatic rings. The summed E-state index contributed by atoms with van der Waals surface area (Å²) >= 11 is 0. The Morgan fingerprint density at radius 2 is 1.78 bits per heavy atom. The topological polar surface area (TPSA) is 119 Å². The van der Waals surface area contributed by atoms with E-state index in [0.29, 0.717) is 5.82 Å². The Hall–Kier alpha value is -2.72. The molecule has 0 radical (unpaired) electrons. The first kappa shape index (κ1) is 19.1. The molecule has 0 aliphatic carbocycles. The molecule has 0 saturated heterocycles. The Morgan fingerprint density at radius 1 is 1.11 bits per heavy atom. The van der Waals surface area contributed by atoms with Gasteiger partial charge >= 0.3 is 5.69 Å². The minimum atomic E-state index is -3.63. The normalized spacial score (nSPS) is 12.0. The number of H-pyrrole nitrogens is 1. The lowest BCUT2D eigenvalue weighted by molar-refractivity contribution is 0.581. The Labute approximate surface area is 155 Å². The number of nitrogens with zero attached hydrogens (tertiary/aromatic N) is 3. The molecule has 3 aromatic rings. The number of imidazole rings is 1. The summed E-state index contributed by atoms with van der Waals surface area (Å²) in [6.07, 6.45) is 1.08. The van der Waals surface area contributed by atoms with Gasteiger partial charge in [0.1, 0.15) is 11.3 Å². The molecule has 1 aromatic carbocycles. The molecule has 9 nitrogen and oxygen atoms in total. The first-order chi connectivity index (χ1) is 12.7. The summed E-state index contributed by atoms with van der Waals surface area (Å²) in [5.41, 5.74) is 0.581. The number of benzene rings is 1. The lowest BCUT2D eigenvalue weighted by Gasteiger charge is -2.06. The molecule has 0 unspecified atom stereocenters. The number of aromatic amines is 1. The molecule has 0 aliphatic heterocycles. The van der Waals surface area contributed by atoms with Gasteiger partial charge in [-0.25, -0.2) is 22.9 Å². The van der Waals surface area contributed by atoms with Crippen LogP contribution in [0, 0.1) is 0 Å². The molecular weight excluding hydrogens is 370 g/mol. The predicted octanol–water partition coefficient (Wildman–Crippen LogP) is 0.0437. The first-order valence-corrected chi connectivity index (χ1v) is 9.96. The SMILES string of the molecule is CCc1ccc(S(=O)(=O)NCCc2nc3c([nH]2)c(=O)n(C)c(=O)n3C)cc1. The van der Waals surface area contributed by atoms with Gasteiger partial charge in [-0.2, -0.15) is 0 Å². The van der Waals surface area contributed by atoms with Crippen molar-refractivity contribution in [2.45, 2.75) is 24.7 Å². The van der Waals surface area contributed by atoms with Crippen LogP contribution in [0.15, 0.2) is 38.8 Å². The third-order valence-corrected chi connectivity index (χ3v) is 5.92. The van der Waals surface area contributed by atoms with Crippen molar-refractivity contribution in [3.05, 3.63) is 56.5 Å². The van der Waals surface area contributed by atoms with Gasteiger partial charge in [0.2, 0.25) is 10.0 Å². The Bertz CT molecular complexity index is 1200. The summed E-state index contributed by atoms with van der Waals surface area (Å²) < 4.78 is 29.5. The number of hydrogen-bond donors (Lipinski definition) is 2. The number of nitrogens with one attached hydrogen (secondary N) is 2. The van der Waals surface area contributed by atoms with Crippen molar-refractivity contribution in [2.75, 3.05) is 6.54 Å². The average Bonchev–Trinajstić information content (AvgIpc) is 3.09. The van der Waals surface area contributed by atoms with E-state index in [1.54, 1.807) is 24.3 Å². The highest BCUT2D eigenvalue weighted by Crippen LogP contribution is 2.11. The second-order valence-electron chi connectivity index (χ2n) is 6.23. The van der Waals surface area contributed by atoms with Crippen molar-refractivity contribution in [2.24, 2.45) is 14.1 Å². The van der Waals surface area contributed by atoms with Crippen LogP contribution < -0.4 is 16.0 Å². The molecule has 27 heavy (non-hydrogen) atoms. The van der Waals surface area contributed by atoms with Gasteiger partial charge in [-0.3, -0.25) is 13.9 Å². The predicted molar refractivity (Wildman–Crippen MR) is 101 cm³/mol. The summed E-state index contributed by atoms with van der Waals surface area (Å²) in [6.45, 7) is 2.10. The van der Waals surface area contributed by atoms with Crippen molar-refractivity contribution in [3.63, 3.8) is 0 Å². The Balaban J connectivity index is 1.77. The highest BCUT2D eigenvalue weighted by atomic mass is 32.2. The van der Waals surface area contributed by atoms with Crippen LogP contribution in [0.5, 0.6) is 0 Å². The van der Waals surface area contributed by atoms with Gasteiger partial charge < -0.3 is 4.98 Å². The fourth-order valence-corrected chi connectivity index (χ4v) is 3.82. The lowest BCUT2D eigenvalue weighted by Crippen LogP contribution is -2.36. The maximum atomic E-state index is 12.4. The minimum absolute atomic E-state index is 0.103. The number of rotatable bonds is 6. The summed E-state index contributed by atoms with van der Waals surface area (Å²) in [4.78, 5) is 31.4. The van der Waals surface area contributed by atoms with E-state index in [4.69, 9.17) is 0 Å². The smallest absolute Gasteiger partial charge is 0.332 e. The zero-order valence-electron chi connectivity index (χ0n) is 15.3. The maximum Gasteiger partial charge on any atom is 0.332 e. The van der Waals surface area contributed by atoms with Crippen molar-refractivity contribution in [1.29, 1.82) is 0 Å². The number of aromatic nitrogens is 4. The highest BCUT2D eigenvalue weighted by Gasteiger charge is 2.16. The molecule has 0 atom stereocenters. The molecule has 0 fully saturated rings. The van der Waals surface area contributed by atoms with Crippen LogP contribution in [0.1, 0.15) is 18.3 Å². The van der Waals surface area contributed by atoms with Gasteiger partial charge in [0, 0.05) is 27.1 Å². The Morgan fingerprint density at radius 3 is 2.41 bits per heavy atom. The van der Waals surface area contributed by atoms with E-state index < -0.39 is 21.3 Å². The van der Waals surface area contributed by atoms with Crippen molar-refractivity contribution in [1.82, 2.24) is 23.8 Å². The third kappa shape index (κ3) is 3.58. The van der Waals surface area contributed by atoms with Crippen LogP contribution in [0.25, 0.3) is 11.2 Å². The van der Waals surface area contributed by atoms with E-state index in [-0.39, 0.29) is 29.0 Å². The van der Waals surface area contributed by atoms with Crippen molar-refractivity contribution in [3.8, 4) is 0 Å². The number of fused-ring (bicyclic) bond motifs is 1. The van der Waals surface area contributed by atoms with Crippen LogP contribution in [0.3, 0.4) is 0 Å². The van der Waals surface area contributed by atoms with Gasteiger partial charge in [-0.05, 0) is 24.1 Å². The van der Waals surface area contributed by atoms with Crippen LogP contribution >= 0.6 is 0 Å². The fraction of sp³-hybridized carbons (Fsp3) is 0.353. The number of sulfonamides is 1. The van der Waals surface area contributed by atoms with Gasteiger partial charge in [0.25, 0.3) is 5.56 Å².